The van der Waals surface area contributed by atoms with Crippen molar-refractivity contribution >= 4 is 35.4 Å². The van der Waals surface area contributed by atoms with Crippen molar-refractivity contribution in [3.05, 3.63) is 59.7 Å². The summed E-state index contributed by atoms with van der Waals surface area (Å²) in [7, 11) is 0. The Labute approximate surface area is 224 Å². The van der Waals surface area contributed by atoms with Crippen LogP contribution in [0.5, 0.6) is 0 Å². The lowest BCUT2D eigenvalue weighted by Crippen LogP contribution is -2.56. The SMILES string of the molecule is CC(C)N1C(=O)C(NC(=O)[C@@H](Cc2ccccc2C(F)(F)F)NC(=O)OC(C)(C)C)CSc2ccccc21. The predicted molar refractivity (Wildman–Crippen MR) is 140 cm³/mol. The van der Waals surface area contributed by atoms with Crippen LogP contribution < -0.4 is 15.5 Å². The lowest BCUT2D eigenvalue weighted by molar-refractivity contribution is -0.138. The highest BCUT2D eigenvalue weighted by Gasteiger charge is 2.37. The Balaban J connectivity index is 1.89. The van der Waals surface area contributed by atoms with Crippen LogP contribution in [0.2, 0.25) is 0 Å². The van der Waals surface area contributed by atoms with Gasteiger partial charge < -0.3 is 20.3 Å². The molecule has 0 saturated carbocycles. The number of fused-ring (bicyclic) bond motifs is 1. The number of anilines is 1. The molecule has 3 amide bonds. The van der Waals surface area contributed by atoms with Crippen molar-refractivity contribution in [3.63, 3.8) is 0 Å². The minimum Gasteiger partial charge on any atom is -0.444 e. The monoisotopic (exact) mass is 551 g/mol. The number of hydrogen-bond donors (Lipinski definition) is 2. The molecule has 11 heteroatoms. The van der Waals surface area contributed by atoms with Crippen molar-refractivity contribution in [2.75, 3.05) is 10.7 Å². The summed E-state index contributed by atoms with van der Waals surface area (Å²) in [6, 6.07) is 9.62. The first-order valence-electron chi connectivity index (χ1n) is 12.2. The number of carbonyl (C=O) groups excluding carboxylic acids is 3. The van der Waals surface area contributed by atoms with Crippen LogP contribution in [0.15, 0.2) is 53.4 Å². The maximum absolute atomic E-state index is 13.6. The van der Waals surface area contributed by atoms with Crippen molar-refractivity contribution in [2.45, 2.75) is 75.8 Å². The Morgan fingerprint density at radius 2 is 1.71 bits per heavy atom. The Kier molecular flexibility index (Phi) is 9.01. The highest BCUT2D eigenvalue weighted by Crippen LogP contribution is 2.35. The van der Waals surface area contributed by atoms with Gasteiger partial charge in [-0.1, -0.05) is 30.3 Å². The highest BCUT2D eigenvalue weighted by molar-refractivity contribution is 7.99. The molecule has 0 radical (unpaired) electrons. The van der Waals surface area contributed by atoms with Gasteiger partial charge in [0.2, 0.25) is 5.91 Å². The molecule has 0 spiro atoms. The summed E-state index contributed by atoms with van der Waals surface area (Å²) < 4.78 is 46.2. The van der Waals surface area contributed by atoms with E-state index in [2.05, 4.69) is 10.6 Å². The Morgan fingerprint density at radius 1 is 1.08 bits per heavy atom. The number of hydrogen-bond acceptors (Lipinski definition) is 5. The number of benzene rings is 2. The lowest BCUT2D eigenvalue weighted by atomic mass is 9.99. The van der Waals surface area contributed by atoms with Gasteiger partial charge in [0, 0.05) is 23.1 Å². The van der Waals surface area contributed by atoms with E-state index in [1.165, 1.54) is 30.0 Å². The topological polar surface area (TPSA) is 87.7 Å². The van der Waals surface area contributed by atoms with E-state index < -0.39 is 47.8 Å². The standard InChI is InChI=1S/C27H32F3N3O4S/c1-16(2)33-21-12-8-9-13-22(21)38-15-20(24(33)35)31-23(34)19(32-25(36)37-26(3,4)5)14-17-10-6-7-11-18(17)27(28,29)30/h6-13,16,19-20H,14-15H2,1-5H3,(H,31,34)(H,32,36)/t19-,20?/m1/s1. The molecule has 2 aromatic carbocycles. The molecule has 1 aliphatic heterocycles. The Hall–Kier alpha value is -3.21. The number of alkyl halides is 3. The van der Waals surface area contributed by atoms with Crippen molar-refractivity contribution in [2.24, 2.45) is 0 Å². The predicted octanol–water partition coefficient (Wildman–Crippen LogP) is 5.17. The molecule has 0 aromatic heterocycles. The van der Waals surface area contributed by atoms with Crippen molar-refractivity contribution in [3.8, 4) is 0 Å². The molecule has 0 fully saturated rings. The molecule has 0 saturated heterocycles. The molecular formula is C27H32F3N3O4S. The molecule has 38 heavy (non-hydrogen) atoms. The molecule has 1 unspecified atom stereocenters. The average molecular weight is 552 g/mol. The van der Waals surface area contributed by atoms with Crippen LogP contribution in [0.1, 0.15) is 45.7 Å². The maximum atomic E-state index is 13.6. The third kappa shape index (κ3) is 7.43. The number of nitrogens with zero attached hydrogens (tertiary/aromatic N) is 1. The summed E-state index contributed by atoms with van der Waals surface area (Å²) in [4.78, 5) is 41.9. The third-order valence-corrected chi connectivity index (χ3v) is 6.81. The fourth-order valence-electron chi connectivity index (χ4n) is 4.07. The molecule has 7 nitrogen and oxygen atoms in total. The second-order valence-corrected chi connectivity index (χ2v) is 11.3. The van der Waals surface area contributed by atoms with Gasteiger partial charge in [0.25, 0.3) is 5.91 Å². The zero-order valence-corrected chi connectivity index (χ0v) is 22.7. The van der Waals surface area contributed by atoms with Gasteiger partial charge in [0.15, 0.2) is 0 Å². The van der Waals surface area contributed by atoms with Crippen molar-refractivity contribution < 1.29 is 32.3 Å². The molecule has 2 atom stereocenters. The van der Waals surface area contributed by atoms with Crippen LogP contribution in [0.4, 0.5) is 23.7 Å². The van der Waals surface area contributed by atoms with Crippen molar-refractivity contribution in [1.29, 1.82) is 0 Å². The highest BCUT2D eigenvalue weighted by atomic mass is 32.2. The van der Waals surface area contributed by atoms with Gasteiger partial charge in [-0.25, -0.2) is 4.79 Å². The quantitative estimate of drug-likeness (QED) is 0.517. The maximum Gasteiger partial charge on any atom is 0.416 e. The summed E-state index contributed by atoms with van der Waals surface area (Å²) in [5.41, 5.74) is -1.26. The Morgan fingerprint density at radius 3 is 2.34 bits per heavy atom. The first-order chi connectivity index (χ1) is 17.7. The number of halogens is 3. The molecule has 0 aliphatic carbocycles. The minimum absolute atomic E-state index is 0.172. The summed E-state index contributed by atoms with van der Waals surface area (Å²) >= 11 is 1.39. The molecule has 0 bridgehead atoms. The number of para-hydroxylation sites is 1. The van der Waals surface area contributed by atoms with E-state index in [0.29, 0.717) is 0 Å². The van der Waals surface area contributed by atoms with Crippen LogP contribution >= 0.6 is 11.8 Å². The van der Waals surface area contributed by atoms with E-state index in [-0.39, 0.29) is 23.3 Å². The fraction of sp³-hybridized carbons (Fsp3) is 0.444. The molecule has 206 valence electrons. The first kappa shape index (κ1) is 29.3. The van der Waals surface area contributed by atoms with Gasteiger partial charge in [-0.2, -0.15) is 13.2 Å². The van der Waals surface area contributed by atoms with E-state index in [9.17, 15) is 27.6 Å². The van der Waals surface area contributed by atoms with Gasteiger partial charge in [-0.3, -0.25) is 9.59 Å². The minimum atomic E-state index is -4.65. The smallest absolute Gasteiger partial charge is 0.416 e. The van der Waals surface area contributed by atoms with Gasteiger partial charge in [-0.15, -0.1) is 11.8 Å². The fourth-order valence-corrected chi connectivity index (χ4v) is 5.13. The third-order valence-electron chi connectivity index (χ3n) is 5.65. The van der Waals surface area contributed by atoms with E-state index >= 15 is 0 Å². The summed E-state index contributed by atoms with van der Waals surface area (Å²) in [6.45, 7) is 8.58. The zero-order valence-electron chi connectivity index (χ0n) is 21.9. The lowest BCUT2D eigenvalue weighted by Gasteiger charge is -2.30. The number of nitrogens with one attached hydrogen (secondary N) is 2. The van der Waals surface area contributed by atoms with Crippen LogP contribution in [0.3, 0.4) is 0 Å². The van der Waals surface area contributed by atoms with Crippen LogP contribution in [0, 0.1) is 0 Å². The normalized spacial score (nSPS) is 16.9. The zero-order chi connectivity index (χ0) is 28.3. The van der Waals surface area contributed by atoms with Gasteiger partial charge in [-0.05, 0) is 58.4 Å². The summed E-state index contributed by atoms with van der Waals surface area (Å²) in [5.74, 6) is -0.928. The van der Waals surface area contributed by atoms with Gasteiger partial charge in [0.1, 0.15) is 17.7 Å². The second-order valence-electron chi connectivity index (χ2n) is 10.2. The van der Waals surface area contributed by atoms with E-state index in [4.69, 9.17) is 4.74 Å². The molecule has 2 N–H and O–H groups in total. The van der Waals surface area contributed by atoms with Gasteiger partial charge >= 0.3 is 12.3 Å². The number of alkyl carbamates (subject to hydrolysis) is 1. The molecule has 1 aliphatic rings. The molecule has 2 aromatic rings. The molecular weight excluding hydrogens is 519 g/mol. The Bertz CT molecular complexity index is 1180. The summed E-state index contributed by atoms with van der Waals surface area (Å²) in [5, 5.41) is 5.07. The van der Waals surface area contributed by atoms with E-state index in [1.807, 2.05) is 38.1 Å². The number of amides is 3. The first-order valence-corrected chi connectivity index (χ1v) is 13.2. The number of rotatable bonds is 6. The van der Waals surface area contributed by atoms with E-state index in [1.54, 1.807) is 25.7 Å². The number of ether oxygens (including phenoxy) is 1. The number of carbonyl (C=O) groups is 3. The van der Waals surface area contributed by atoms with E-state index in [0.717, 1.165) is 16.6 Å². The molecule has 1 heterocycles. The average Bonchev–Trinajstić information content (AvgIpc) is 2.93. The number of thioether (sulfide) groups is 1. The second kappa shape index (κ2) is 11.7. The van der Waals surface area contributed by atoms with Crippen LogP contribution in [-0.2, 0) is 26.9 Å². The van der Waals surface area contributed by atoms with Crippen molar-refractivity contribution in [1.82, 2.24) is 10.6 Å². The largest absolute Gasteiger partial charge is 0.444 e. The summed E-state index contributed by atoms with van der Waals surface area (Å²) in [6.07, 6.45) is -6.07. The van der Waals surface area contributed by atoms with Crippen LogP contribution in [-0.4, -0.2) is 47.4 Å². The molecule has 3 rings (SSSR count). The van der Waals surface area contributed by atoms with Gasteiger partial charge in [0.05, 0.1) is 11.3 Å². The van der Waals surface area contributed by atoms with Crippen LogP contribution in [0.25, 0.3) is 0 Å².